The van der Waals surface area contributed by atoms with Gasteiger partial charge in [-0.25, -0.2) is 0 Å². The maximum Gasteiger partial charge on any atom is 0.237 e. The highest BCUT2D eigenvalue weighted by atomic mass is 35.5. The van der Waals surface area contributed by atoms with Crippen molar-refractivity contribution in [1.82, 2.24) is 0 Å². The van der Waals surface area contributed by atoms with E-state index in [9.17, 15) is 13.8 Å². The van der Waals surface area contributed by atoms with Crippen LogP contribution < -0.4 is 20.1 Å². The van der Waals surface area contributed by atoms with Crippen LogP contribution in [0.5, 0.6) is 11.5 Å². The van der Waals surface area contributed by atoms with Crippen LogP contribution in [0.2, 0.25) is 5.02 Å². The summed E-state index contributed by atoms with van der Waals surface area (Å²) < 4.78 is 23.0. The van der Waals surface area contributed by atoms with Crippen LogP contribution in [0.4, 0.5) is 11.4 Å². The van der Waals surface area contributed by atoms with Crippen LogP contribution in [-0.4, -0.2) is 40.7 Å². The zero-order valence-corrected chi connectivity index (χ0v) is 16.7. The molecule has 3 rings (SSSR count). The molecule has 2 amide bonds. The van der Waals surface area contributed by atoms with Crippen molar-refractivity contribution in [2.45, 2.75) is 6.92 Å². The van der Waals surface area contributed by atoms with Gasteiger partial charge in [-0.15, -0.1) is 0 Å². The van der Waals surface area contributed by atoms with Gasteiger partial charge in [0.15, 0.2) is 11.5 Å². The Morgan fingerprint density at radius 3 is 2.18 bits per heavy atom. The summed E-state index contributed by atoms with van der Waals surface area (Å²) in [5.74, 6) is -0.343. The van der Waals surface area contributed by atoms with Crippen LogP contribution >= 0.6 is 11.6 Å². The molecule has 2 N–H and O–H groups in total. The molecule has 1 aliphatic heterocycles. The maximum absolute atomic E-state index is 12.1. The third kappa shape index (κ3) is 5.46. The summed E-state index contributed by atoms with van der Waals surface area (Å²) in [4.78, 5) is 24.1. The van der Waals surface area contributed by atoms with Crippen LogP contribution in [0, 0.1) is 6.92 Å². The highest BCUT2D eigenvalue weighted by Crippen LogP contribution is 2.32. The van der Waals surface area contributed by atoms with Gasteiger partial charge in [0.25, 0.3) is 0 Å². The molecule has 9 heteroatoms. The van der Waals surface area contributed by atoms with E-state index in [2.05, 4.69) is 10.6 Å². The molecule has 0 aromatic heterocycles. The van der Waals surface area contributed by atoms with Gasteiger partial charge in [0, 0.05) is 33.3 Å². The largest absolute Gasteiger partial charge is 0.486 e. The second-order valence-corrected chi connectivity index (χ2v) is 8.01. The summed E-state index contributed by atoms with van der Waals surface area (Å²) in [5, 5.41) is 5.79. The summed E-state index contributed by atoms with van der Waals surface area (Å²) in [6.45, 7) is 2.77. The maximum atomic E-state index is 12.1. The van der Waals surface area contributed by atoms with Crippen molar-refractivity contribution in [3.63, 3.8) is 0 Å². The topological polar surface area (TPSA) is 93.7 Å². The molecule has 7 nitrogen and oxygen atoms in total. The number of carbonyl (C=O) groups is 2. The number of hydrogen-bond acceptors (Lipinski definition) is 5. The smallest absolute Gasteiger partial charge is 0.237 e. The first-order valence-corrected chi connectivity index (χ1v) is 10.4. The van der Waals surface area contributed by atoms with Crippen molar-refractivity contribution in [1.29, 1.82) is 0 Å². The molecule has 2 aromatic rings. The Kier molecular flexibility index (Phi) is 6.53. The summed E-state index contributed by atoms with van der Waals surface area (Å²) in [6.07, 6.45) is 0. The van der Waals surface area contributed by atoms with E-state index in [1.54, 1.807) is 36.4 Å². The van der Waals surface area contributed by atoms with Gasteiger partial charge in [0.1, 0.15) is 24.7 Å². The van der Waals surface area contributed by atoms with Crippen LogP contribution in [0.25, 0.3) is 0 Å². The van der Waals surface area contributed by atoms with E-state index in [4.69, 9.17) is 21.1 Å². The Balaban J connectivity index is 1.49. The molecular formula is C19H19ClN2O5S. The first kappa shape index (κ1) is 20.2. The zero-order chi connectivity index (χ0) is 20.1. The molecule has 0 bridgehead atoms. The fourth-order valence-electron chi connectivity index (χ4n) is 2.53. The summed E-state index contributed by atoms with van der Waals surface area (Å²) >= 11 is 6.01. The lowest BCUT2D eigenvalue weighted by molar-refractivity contribution is -0.114. The number of rotatable bonds is 6. The highest BCUT2D eigenvalue weighted by molar-refractivity contribution is 7.86. The SMILES string of the molecule is Cc1ccc(NC(=O)CS(=O)CC(=O)Nc2ccc3c(c2)OCCO3)cc1Cl. The average Bonchev–Trinajstić information content (AvgIpc) is 2.64. The molecule has 2 aromatic carbocycles. The summed E-state index contributed by atoms with van der Waals surface area (Å²) in [7, 11) is -1.65. The Labute approximate surface area is 169 Å². The average molecular weight is 423 g/mol. The van der Waals surface area contributed by atoms with Crippen LogP contribution in [0.3, 0.4) is 0 Å². The van der Waals surface area contributed by atoms with Gasteiger partial charge in [0.05, 0.1) is 0 Å². The van der Waals surface area contributed by atoms with E-state index in [1.165, 1.54) is 0 Å². The number of halogens is 1. The first-order valence-electron chi connectivity index (χ1n) is 8.51. The standard InChI is InChI=1S/C19H19ClN2O5S/c1-12-2-3-13(8-15(12)20)21-18(23)10-28(25)11-19(24)22-14-4-5-16-17(9-14)27-7-6-26-16/h2-5,8-9H,6-7,10-11H2,1H3,(H,21,23)(H,22,24). The molecule has 0 aliphatic carbocycles. The Morgan fingerprint density at radius 1 is 0.964 bits per heavy atom. The Bertz CT molecular complexity index is 935. The van der Waals surface area contributed by atoms with Crippen molar-refractivity contribution in [2.24, 2.45) is 0 Å². The van der Waals surface area contributed by atoms with Gasteiger partial charge < -0.3 is 20.1 Å². The Hall–Kier alpha value is -2.58. The van der Waals surface area contributed by atoms with E-state index < -0.39 is 22.6 Å². The third-order valence-electron chi connectivity index (χ3n) is 3.87. The molecule has 0 radical (unpaired) electrons. The van der Waals surface area contributed by atoms with E-state index in [-0.39, 0.29) is 11.5 Å². The molecule has 0 spiro atoms. The van der Waals surface area contributed by atoms with Crippen molar-refractivity contribution in [2.75, 3.05) is 35.4 Å². The zero-order valence-electron chi connectivity index (χ0n) is 15.1. The van der Waals surface area contributed by atoms with E-state index in [0.717, 1.165) is 5.56 Å². The van der Waals surface area contributed by atoms with Crippen molar-refractivity contribution < 1.29 is 23.3 Å². The molecule has 1 heterocycles. The molecule has 0 saturated carbocycles. The molecule has 0 saturated heterocycles. The number of aryl methyl sites for hydroxylation is 1. The van der Waals surface area contributed by atoms with Gasteiger partial charge in [-0.1, -0.05) is 17.7 Å². The summed E-state index contributed by atoms with van der Waals surface area (Å²) in [6, 6.07) is 10.1. The van der Waals surface area contributed by atoms with Crippen LogP contribution in [0.1, 0.15) is 5.56 Å². The number of benzene rings is 2. The molecular weight excluding hydrogens is 404 g/mol. The predicted octanol–water partition coefficient (Wildman–Crippen LogP) is 2.75. The monoisotopic (exact) mass is 422 g/mol. The number of hydrogen-bond donors (Lipinski definition) is 2. The molecule has 28 heavy (non-hydrogen) atoms. The molecule has 0 fully saturated rings. The van der Waals surface area contributed by atoms with Crippen LogP contribution in [-0.2, 0) is 20.4 Å². The van der Waals surface area contributed by atoms with Gasteiger partial charge in [-0.2, -0.15) is 0 Å². The molecule has 1 aliphatic rings. The normalized spacial score (nSPS) is 13.5. The molecule has 1 unspecified atom stereocenters. The second kappa shape index (κ2) is 9.07. The number of carbonyl (C=O) groups excluding carboxylic acids is 2. The lowest BCUT2D eigenvalue weighted by Gasteiger charge is -2.19. The van der Waals surface area contributed by atoms with E-state index in [0.29, 0.717) is 41.1 Å². The number of ether oxygens (including phenoxy) is 2. The van der Waals surface area contributed by atoms with Gasteiger partial charge in [0.2, 0.25) is 11.8 Å². The van der Waals surface area contributed by atoms with Crippen LogP contribution in [0.15, 0.2) is 36.4 Å². The van der Waals surface area contributed by atoms with Gasteiger partial charge in [-0.3, -0.25) is 13.8 Å². The quantitative estimate of drug-likeness (QED) is 0.746. The van der Waals surface area contributed by atoms with E-state index in [1.807, 2.05) is 6.92 Å². The highest BCUT2D eigenvalue weighted by Gasteiger charge is 2.16. The minimum Gasteiger partial charge on any atom is -0.486 e. The minimum absolute atomic E-state index is 0.292. The Morgan fingerprint density at radius 2 is 1.54 bits per heavy atom. The van der Waals surface area contributed by atoms with Crippen molar-refractivity contribution in [3.05, 3.63) is 47.0 Å². The number of amides is 2. The number of nitrogens with one attached hydrogen (secondary N) is 2. The number of fused-ring (bicyclic) bond motifs is 1. The van der Waals surface area contributed by atoms with E-state index >= 15 is 0 Å². The van der Waals surface area contributed by atoms with Gasteiger partial charge >= 0.3 is 0 Å². The second-order valence-electron chi connectivity index (χ2n) is 6.15. The molecule has 148 valence electrons. The fourth-order valence-corrected chi connectivity index (χ4v) is 3.54. The first-order chi connectivity index (χ1) is 13.4. The summed E-state index contributed by atoms with van der Waals surface area (Å²) in [5.41, 5.74) is 1.90. The van der Waals surface area contributed by atoms with Gasteiger partial charge in [-0.05, 0) is 36.8 Å². The van der Waals surface area contributed by atoms with Crippen molar-refractivity contribution >= 4 is 45.6 Å². The molecule has 1 atom stereocenters. The third-order valence-corrected chi connectivity index (χ3v) is 5.44. The predicted molar refractivity (Wildman–Crippen MR) is 109 cm³/mol. The number of anilines is 2. The minimum atomic E-state index is -1.65. The fraction of sp³-hybridized carbons (Fsp3) is 0.263. The lowest BCUT2D eigenvalue weighted by atomic mass is 10.2. The lowest BCUT2D eigenvalue weighted by Crippen LogP contribution is -2.26. The van der Waals surface area contributed by atoms with Crippen molar-refractivity contribution in [3.8, 4) is 11.5 Å².